The van der Waals surface area contributed by atoms with Crippen molar-refractivity contribution in [3.63, 3.8) is 0 Å². The Morgan fingerprint density at radius 3 is 1.70 bits per heavy atom. The van der Waals surface area contributed by atoms with E-state index in [9.17, 15) is 9.59 Å². The van der Waals surface area contributed by atoms with E-state index in [0.29, 0.717) is 42.6 Å². The van der Waals surface area contributed by atoms with E-state index in [1.807, 2.05) is 64.8 Å². The zero-order chi connectivity index (χ0) is 37.9. The molecule has 2 saturated heterocycles. The number of methoxy groups -OCH3 is 1. The van der Waals surface area contributed by atoms with Crippen LogP contribution in [0.1, 0.15) is 36.9 Å². The van der Waals surface area contributed by atoms with Gasteiger partial charge in [-0.2, -0.15) is 10.2 Å². The molecule has 6 heterocycles. The maximum absolute atomic E-state index is 12.1. The van der Waals surface area contributed by atoms with Crippen LogP contribution in [-0.4, -0.2) is 94.4 Å². The summed E-state index contributed by atoms with van der Waals surface area (Å²) in [5, 5.41) is 11.1. The monoisotopic (exact) mass is 726 g/mol. The van der Waals surface area contributed by atoms with Crippen LogP contribution in [0.2, 0.25) is 0 Å². The fourth-order valence-corrected chi connectivity index (χ4v) is 7.12. The Labute approximate surface area is 312 Å². The van der Waals surface area contributed by atoms with Crippen molar-refractivity contribution in [3.8, 4) is 28.3 Å². The number of aromatic nitrogens is 8. The SMILES string of the molecule is C=CC(=O)N1CCC[C@@H](n2nc(-c3ccc(OC)cc3)c3c(N)ncnc32)C1.C=CC(=O)N1CC[C@@H](n2nc(-c3ccc(C)cc3)c3c(N)ncnc32)C1. The van der Waals surface area contributed by atoms with Crippen LogP contribution in [-0.2, 0) is 9.59 Å². The highest BCUT2D eigenvalue weighted by Gasteiger charge is 2.31. The minimum atomic E-state index is -0.0642. The molecule has 2 atom stereocenters. The van der Waals surface area contributed by atoms with Crippen LogP contribution in [0.25, 0.3) is 44.6 Å². The number of rotatable bonds is 7. The van der Waals surface area contributed by atoms with Gasteiger partial charge in [-0.3, -0.25) is 9.59 Å². The molecule has 2 aliphatic rings. The number of benzene rings is 2. The first-order valence-corrected chi connectivity index (χ1v) is 17.7. The summed E-state index contributed by atoms with van der Waals surface area (Å²) < 4.78 is 9.01. The van der Waals surface area contributed by atoms with Gasteiger partial charge >= 0.3 is 0 Å². The second kappa shape index (κ2) is 15.1. The van der Waals surface area contributed by atoms with Gasteiger partial charge in [0.15, 0.2) is 11.3 Å². The van der Waals surface area contributed by atoms with E-state index in [1.54, 1.807) is 16.9 Å². The number of carbonyl (C=O) groups excluding carboxylic acids is 2. The summed E-state index contributed by atoms with van der Waals surface area (Å²) >= 11 is 0. The van der Waals surface area contributed by atoms with Gasteiger partial charge in [0.25, 0.3) is 0 Å². The van der Waals surface area contributed by atoms with Crippen LogP contribution in [0.3, 0.4) is 0 Å². The molecular weight excluding hydrogens is 685 g/mol. The van der Waals surface area contributed by atoms with Gasteiger partial charge in [-0.15, -0.1) is 0 Å². The van der Waals surface area contributed by atoms with Crippen LogP contribution < -0.4 is 16.2 Å². The predicted octanol–water partition coefficient (Wildman–Crippen LogP) is 4.78. The van der Waals surface area contributed by atoms with Crippen LogP contribution in [0.5, 0.6) is 5.75 Å². The van der Waals surface area contributed by atoms with Crippen LogP contribution in [0.4, 0.5) is 11.6 Å². The normalized spacial score (nSPS) is 16.9. The predicted molar refractivity (Wildman–Crippen MR) is 207 cm³/mol. The highest BCUT2D eigenvalue weighted by molar-refractivity contribution is 5.99. The van der Waals surface area contributed by atoms with E-state index in [1.165, 1.54) is 30.4 Å². The molecule has 15 nitrogen and oxygen atoms in total. The minimum absolute atomic E-state index is 0.0152. The third kappa shape index (κ3) is 6.83. The van der Waals surface area contributed by atoms with Crippen molar-refractivity contribution in [3.05, 3.63) is 92.1 Å². The molecule has 6 aromatic rings. The number of hydrogen-bond donors (Lipinski definition) is 2. The first-order chi connectivity index (χ1) is 26.2. The molecule has 0 aliphatic carbocycles. The molecule has 4 aromatic heterocycles. The van der Waals surface area contributed by atoms with Crippen molar-refractivity contribution in [1.82, 2.24) is 49.3 Å². The van der Waals surface area contributed by atoms with Crippen molar-refractivity contribution >= 4 is 45.5 Å². The van der Waals surface area contributed by atoms with Gasteiger partial charge in [0.05, 0.1) is 30.0 Å². The number of nitrogen functional groups attached to an aromatic ring is 2. The number of aryl methyl sites for hydroxylation is 1. The van der Waals surface area contributed by atoms with E-state index in [2.05, 4.69) is 33.1 Å². The summed E-state index contributed by atoms with van der Waals surface area (Å²) in [5.41, 5.74) is 18.3. The molecule has 2 aromatic carbocycles. The smallest absolute Gasteiger partial charge is 0.246 e. The highest BCUT2D eigenvalue weighted by Crippen LogP contribution is 2.36. The van der Waals surface area contributed by atoms with E-state index >= 15 is 0 Å². The van der Waals surface area contributed by atoms with Gasteiger partial charge < -0.3 is 26.0 Å². The Bertz CT molecular complexity index is 2350. The fraction of sp³-hybridized carbons (Fsp3) is 0.282. The topological polar surface area (TPSA) is 189 Å². The summed E-state index contributed by atoms with van der Waals surface area (Å²) in [6.07, 6.45) is 8.22. The van der Waals surface area contributed by atoms with Crippen molar-refractivity contribution < 1.29 is 14.3 Å². The first-order valence-electron chi connectivity index (χ1n) is 17.7. The number of carbonyl (C=O) groups is 2. The summed E-state index contributed by atoms with van der Waals surface area (Å²) in [7, 11) is 1.63. The van der Waals surface area contributed by atoms with Crippen LogP contribution in [0.15, 0.2) is 86.5 Å². The lowest BCUT2D eigenvalue weighted by Gasteiger charge is -2.32. The molecule has 0 unspecified atom stereocenters. The van der Waals surface area contributed by atoms with E-state index in [4.69, 9.17) is 26.4 Å². The lowest BCUT2D eigenvalue weighted by Crippen LogP contribution is -2.40. The maximum Gasteiger partial charge on any atom is 0.246 e. The molecule has 2 aliphatic heterocycles. The largest absolute Gasteiger partial charge is 0.497 e. The average molecular weight is 727 g/mol. The standard InChI is InChI=1S/C20H22N6O2.C19H20N6O/c1-3-16(27)25-10-4-5-14(11-25)26-20-17(19(21)22-12-23-20)18(24-26)13-6-8-15(28-2)9-7-13;1-3-15(26)24-9-8-14(10-24)25-19-16(18(20)21-11-22-19)17(23-25)13-6-4-12(2)5-7-13/h3,6-9,12,14H,1,4-5,10-11H2,2H3,(H2,21,22,23);3-7,11,14H,1,8-10H2,2H3,(H2,20,21,22)/t2*14-/m11/s1. The Hall–Kier alpha value is -6.64. The second-order valence-corrected chi connectivity index (χ2v) is 13.3. The molecular formula is C39H42N12O3. The van der Waals surface area contributed by atoms with Gasteiger partial charge in [-0.05, 0) is 62.6 Å². The van der Waals surface area contributed by atoms with Gasteiger partial charge in [0.1, 0.15) is 41.4 Å². The lowest BCUT2D eigenvalue weighted by atomic mass is 10.1. The zero-order valence-electron chi connectivity index (χ0n) is 30.3. The summed E-state index contributed by atoms with van der Waals surface area (Å²) in [6, 6.07) is 15.8. The number of likely N-dealkylation sites (tertiary alicyclic amines) is 2. The summed E-state index contributed by atoms with van der Waals surface area (Å²) in [5.74, 6) is 1.44. The third-order valence-electron chi connectivity index (χ3n) is 9.95. The number of ether oxygens (including phenoxy) is 1. The minimum Gasteiger partial charge on any atom is -0.497 e. The van der Waals surface area contributed by atoms with Crippen LogP contribution >= 0.6 is 0 Å². The molecule has 0 saturated carbocycles. The number of nitrogens with zero attached hydrogens (tertiary/aromatic N) is 10. The number of hydrogen-bond acceptors (Lipinski definition) is 11. The quantitative estimate of drug-likeness (QED) is 0.216. The summed E-state index contributed by atoms with van der Waals surface area (Å²) in [4.78, 5) is 44.7. The third-order valence-corrected chi connectivity index (χ3v) is 9.95. The number of anilines is 2. The average Bonchev–Trinajstić information content (AvgIpc) is 3.95. The van der Waals surface area contributed by atoms with E-state index in [-0.39, 0.29) is 23.9 Å². The van der Waals surface area contributed by atoms with Crippen molar-refractivity contribution in [2.45, 2.75) is 38.3 Å². The Kier molecular flexibility index (Phi) is 10.0. The Morgan fingerprint density at radius 1 is 0.722 bits per heavy atom. The number of piperidine rings is 1. The Morgan fingerprint density at radius 2 is 1.20 bits per heavy atom. The first kappa shape index (κ1) is 35.7. The van der Waals surface area contributed by atoms with E-state index in [0.717, 1.165) is 64.8 Å². The molecule has 4 N–H and O–H groups in total. The molecule has 15 heteroatoms. The van der Waals surface area contributed by atoms with Gasteiger partial charge in [0, 0.05) is 37.3 Å². The van der Waals surface area contributed by atoms with Crippen LogP contribution in [0, 0.1) is 6.92 Å². The molecule has 0 radical (unpaired) electrons. The number of amides is 2. The van der Waals surface area contributed by atoms with Gasteiger partial charge in [0.2, 0.25) is 11.8 Å². The molecule has 2 fully saturated rings. The molecule has 0 bridgehead atoms. The molecule has 8 rings (SSSR count). The second-order valence-electron chi connectivity index (χ2n) is 13.3. The highest BCUT2D eigenvalue weighted by atomic mass is 16.5. The lowest BCUT2D eigenvalue weighted by molar-refractivity contribution is -0.127. The molecule has 54 heavy (non-hydrogen) atoms. The fourth-order valence-electron chi connectivity index (χ4n) is 7.12. The number of fused-ring (bicyclic) bond motifs is 2. The van der Waals surface area contributed by atoms with E-state index < -0.39 is 0 Å². The number of nitrogens with two attached hydrogens (primary N) is 2. The molecule has 2 amide bonds. The molecule has 276 valence electrons. The van der Waals surface area contributed by atoms with Crippen molar-refractivity contribution in [1.29, 1.82) is 0 Å². The van der Waals surface area contributed by atoms with Gasteiger partial charge in [-0.1, -0.05) is 43.0 Å². The van der Waals surface area contributed by atoms with Crippen molar-refractivity contribution in [2.24, 2.45) is 0 Å². The van der Waals surface area contributed by atoms with Gasteiger partial charge in [-0.25, -0.2) is 29.3 Å². The maximum atomic E-state index is 12.1. The Balaban J connectivity index is 0.000000167. The molecule has 0 spiro atoms. The summed E-state index contributed by atoms with van der Waals surface area (Å²) in [6.45, 7) is 11.7. The zero-order valence-corrected chi connectivity index (χ0v) is 30.3. The van der Waals surface area contributed by atoms with Crippen molar-refractivity contribution in [2.75, 3.05) is 44.8 Å².